The fraction of sp³-hybridized carbons (Fsp3) is 0.367. The first-order valence-corrected chi connectivity index (χ1v) is 13.0. The molecule has 4 rings (SSSR count). The number of carbonyl (C=O) groups excluding carboxylic acids is 1. The van der Waals surface area contributed by atoms with Gasteiger partial charge >= 0.3 is 0 Å². The van der Waals surface area contributed by atoms with Crippen molar-refractivity contribution in [3.8, 4) is 22.6 Å². The molecule has 1 amide bonds. The third-order valence-corrected chi connectivity index (χ3v) is 6.46. The first-order chi connectivity index (χ1) is 18.2. The Kier molecular flexibility index (Phi) is 8.20. The van der Waals surface area contributed by atoms with Gasteiger partial charge in [-0.2, -0.15) is 9.61 Å². The summed E-state index contributed by atoms with van der Waals surface area (Å²) in [5.41, 5.74) is 9.44. The van der Waals surface area contributed by atoms with Crippen molar-refractivity contribution >= 4 is 17.4 Å². The Morgan fingerprint density at radius 2 is 1.68 bits per heavy atom. The van der Waals surface area contributed by atoms with Crippen molar-refractivity contribution in [1.29, 1.82) is 0 Å². The van der Waals surface area contributed by atoms with Crippen molar-refractivity contribution in [1.82, 2.24) is 19.9 Å². The van der Waals surface area contributed by atoms with Crippen LogP contribution >= 0.6 is 0 Å². The fourth-order valence-electron chi connectivity index (χ4n) is 4.97. The highest BCUT2D eigenvalue weighted by Crippen LogP contribution is 2.34. The van der Waals surface area contributed by atoms with Gasteiger partial charge in [0, 0.05) is 24.8 Å². The highest BCUT2D eigenvalue weighted by atomic mass is 16.5. The van der Waals surface area contributed by atoms with E-state index in [1.807, 2.05) is 49.6 Å². The normalized spacial score (nSPS) is 11.0. The van der Waals surface area contributed by atoms with Gasteiger partial charge < -0.3 is 20.1 Å². The lowest BCUT2D eigenvalue weighted by atomic mass is 9.94. The Morgan fingerprint density at radius 3 is 2.37 bits per heavy atom. The van der Waals surface area contributed by atoms with Crippen LogP contribution in [-0.4, -0.2) is 47.3 Å². The summed E-state index contributed by atoms with van der Waals surface area (Å²) in [6.07, 6.45) is 0.262. The molecule has 4 aromatic rings. The van der Waals surface area contributed by atoms with Crippen molar-refractivity contribution in [3.05, 3.63) is 70.0 Å². The third-order valence-electron chi connectivity index (χ3n) is 6.46. The number of nitrogens with zero attached hydrogens (tertiary/aromatic N) is 3. The molecule has 0 fully saturated rings. The van der Waals surface area contributed by atoms with Crippen molar-refractivity contribution in [2.45, 2.75) is 48.0 Å². The van der Waals surface area contributed by atoms with E-state index in [1.165, 1.54) is 22.3 Å². The molecule has 0 saturated carbocycles. The molecule has 0 radical (unpaired) electrons. The lowest BCUT2D eigenvalue weighted by molar-refractivity contribution is -0.120. The van der Waals surface area contributed by atoms with E-state index in [4.69, 9.17) is 19.6 Å². The maximum absolute atomic E-state index is 12.6. The van der Waals surface area contributed by atoms with Gasteiger partial charge in [0.05, 0.1) is 31.4 Å². The molecule has 2 aromatic heterocycles. The molecule has 0 aliphatic heterocycles. The minimum absolute atomic E-state index is 0.0587. The Morgan fingerprint density at radius 1 is 0.947 bits per heavy atom. The molecule has 0 atom stereocenters. The summed E-state index contributed by atoms with van der Waals surface area (Å²) in [7, 11) is 1.60. The number of hydrogen-bond acceptors (Lipinski definition) is 6. The quantitative estimate of drug-likeness (QED) is 0.285. The molecule has 0 saturated heterocycles. The van der Waals surface area contributed by atoms with E-state index < -0.39 is 0 Å². The molecule has 0 unspecified atom stereocenters. The first-order valence-electron chi connectivity index (χ1n) is 13.0. The summed E-state index contributed by atoms with van der Waals surface area (Å²) >= 11 is 0. The highest BCUT2D eigenvalue weighted by molar-refractivity contribution is 5.85. The van der Waals surface area contributed by atoms with E-state index in [9.17, 15) is 4.79 Å². The second-order valence-corrected chi connectivity index (χ2v) is 9.62. The Balaban J connectivity index is 1.45. The summed E-state index contributed by atoms with van der Waals surface area (Å²) in [5.74, 6) is 2.08. The number of anilines is 1. The van der Waals surface area contributed by atoms with Gasteiger partial charge in [0.15, 0.2) is 17.1 Å². The molecule has 8 nitrogen and oxygen atoms in total. The average Bonchev–Trinajstić information content (AvgIpc) is 3.17. The monoisotopic (exact) mass is 515 g/mol. The van der Waals surface area contributed by atoms with Gasteiger partial charge in [-0.05, 0) is 75.9 Å². The maximum Gasteiger partial charge on any atom is 0.224 e. The Labute approximate surface area is 224 Å². The minimum atomic E-state index is -0.0587. The van der Waals surface area contributed by atoms with Crippen LogP contribution in [0.4, 0.5) is 5.82 Å². The van der Waals surface area contributed by atoms with Crippen LogP contribution in [0.3, 0.4) is 0 Å². The summed E-state index contributed by atoms with van der Waals surface area (Å²) in [4.78, 5) is 17.4. The topological polar surface area (TPSA) is 89.8 Å². The Bertz CT molecular complexity index is 1450. The van der Waals surface area contributed by atoms with Crippen LogP contribution in [0, 0.1) is 34.6 Å². The average molecular weight is 516 g/mol. The van der Waals surface area contributed by atoms with E-state index in [0.29, 0.717) is 31.2 Å². The lowest BCUT2D eigenvalue weighted by Crippen LogP contribution is -2.30. The molecule has 0 aliphatic carbocycles. The molecule has 2 heterocycles. The van der Waals surface area contributed by atoms with E-state index in [2.05, 4.69) is 43.5 Å². The van der Waals surface area contributed by atoms with Crippen LogP contribution in [0.2, 0.25) is 0 Å². The first kappa shape index (κ1) is 27.0. The van der Waals surface area contributed by atoms with Gasteiger partial charge in [-0.3, -0.25) is 4.79 Å². The van der Waals surface area contributed by atoms with Crippen LogP contribution in [0.5, 0.6) is 11.5 Å². The predicted octanol–water partition coefficient (Wildman–Crippen LogP) is 5.12. The van der Waals surface area contributed by atoms with Crippen molar-refractivity contribution < 1.29 is 14.3 Å². The van der Waals surface area contributed by atoms with Crippen LogP contribution in [-0.2, 0) is 11.2 Å². The largest absolute Gasteiger partial charge is 0.493 e. The van der Waals surface area contributed by atoms with Gasteiger partial charge in [0.25, 0.3) is 0 Å². The van der Waals surface area contributed by atoms with Crippen LogP contribution < -0.4 is 20.1 Å². The number of methoxy groups -OCH3 is 1. The SMILES string of the molecule is CCOc1ccc(CC(=O)NCCNc2cc(C)nc3c(-c4c(C)cc(C)cc4C)c(C)nn23)cc1OC. The van der Waals surface area contributed by atoms with Gasteiger partial charge in [-0.15, -0.1) is 0 Å². The Hall–Kier alpha value is -4.07. The smallest absolute Gasteiger partial charge is 0.224 e. The van der Waals surface area contributed by atoms with E-state index in [0.717, 1.165) is 34.0 Å². The van der Waals surface area contributed by atoms with E-state index in [1.54, 1.807) is 7.11 Å². The number of aryl methyl sites for hydroxylation is 5. The zero-order valence-electron chi connectivity index (χ0n) is 23.4. The number of amides is 1. The van der Waals surface area contributed by atoms with Gasteiger partial charge in [-0.25, -0.2) is 4.98 Å². The highest BCUT2D eigenvalue weighted by Gasteiger charge is 2.19. The van der Waals surface area contributed by atoms with Crippen molar-refractivity contribution in [2.24, 2.45) is 0 Å². The number of hydrogen-bond donors (Lipinski definition) is 2. The zero-order chi connectivity index (χ0) is 27.4. The molecule has 8 heteroatoms. The molecule has 38 heavy (non-hydrogen) atoms. The summed E-state index contributed by atoms with van der Waals surface area (Å²) in [6, 6.07) is 11.9. The third kappa shape index (κ3) is 5.74. The second-order valence-electron chi connectivity index (χ2n) is 9.62. The molecular weight excluding hydrogens is 478 g/mol. The summed E-state index contributed by atoms with van der Waals surface area (Å²) in [6.45, 7) is 13.9. The van der Waals surface area contributed by atoms with Crippen molar-refractivity contribution in [2.75, 3.05) is 32.1 Å². The van der Waals surface area contributed by atoms with Crippen LogP contribution in [0.15, 0.2) is 36.4 Å². The second kappa shape index (κ2) is 11.5. The fourth-order valence-corrected chi connectivity index (χ4v) is 4.97. The minimum Gasteiger partial charge on any atom is -0.493 e. The number of carbonyl (C=O) groups is 1. The molecule has 2 N–H and O–H groups in total. The number of fused-ring (bicyclic) bond motifs is 1. The lowest BCUT2D eigenvalue weighted by Gasteiger charge is -2.13. The summed E-state index contributed by atoms with van der Waals surface area (Å²) in [5, 5.41) is 11.2. The summed E-state index contributed by atoms with van der Waals surface area (Å²) < 4.78 is 12.8. The molecule has 0 spiro atoms. The maximum atomic E-state index is 12.6. The molecule has 200 valence electrons. The van der Waals surface area contributed by atoms with Gasteiger partial charge in [0.1, 0.15) is 5.82 Å². The number of ether oxygens (including phenoxy) is 2. The molecular formula is C30H37N5O3. The van der Waals surface area contributed by atoms with E-state index >= 15 is 0 Å². The van der Waals surface area contributed by atoms with Gasteiger partial charge in [0.2, 0.25) is 5.91 Å². The van der Waals surface area contributed by atoms with Crippen molar-refractivity contribution in [3.63, 3.8) is 0 Å². The number of nitrogens with one attached hydrogen (secondary N) is 2. The zero-order valence-corrected chi connectivity index (χ0v) is 23.4. The number of benzene rings is 2. The van der Waals surface area contributed by atoms with Crippen LogP contribution in [0.1, 0.15) is 40.6 Å². The standard InChI is InChI=1S/C30H37N5O3/c1-8-38-24-10-9-23(16-25(24)37-7)17-27(36)32-12-11-31-26-15-21(5)33-30-29(22(6)34-35(26)30)28-19(3)13-18(2)14-20(28)4/h9-10,13-16,31H,8,11-12,17H2,1-7H3,(H,32,36). The van der Waals surface area contributed by atoms with E-state index in [-0.39, 0.29) is 12.3 Å². The molecule has 0 aliphatic rings. The van der Waals surface area contributed by atoms with Crippen LogP contribution in [0.25, 0.3) is 16.8 Å². The molecule has 0 bridgehead atoms. The predicted molar refractivity (Wildman–Crippen MR) is 151 cm³/mol. The molecule has 2 aromatic carbocycles. The van der Waals surface area contributed by atoms with Gasteiger partial charge in [-0.1, -0.05) is 23.8 Å². The number of aromatic nitrogens is 3. The number of rotatable bonds is 10.